The molecule has 1 fully saturated rings. The van der Waals surface area contributed by atoms with Gasteiger partial charge in [0.15, 0.2) is 11.5 Å². The number of aryl methyl sites for hydroxylation is 1. The fourth-order valence-corrected chi connectivity index (χ4v) is 3.52. The number of hydrogen-bond donors (Lipinski definition) is 0. The molecule has 3 rings (SSSR count). The van der Waals surface area contributed by atoms with E-state index in [0.29, 0.717) is 18.9 Å². The van der Waals surface area contributed by atoms with E-state index in [1.807, 2.05) is 39.8 Å². The Kier molecular flexibility index (Phi) is 5.58. The largest absolute Gasteiger partial charge is 0.444 e. The molecule has 1 aliphatic heterocycles. The summed E-state index contributed by atoms with van der Waals surface area (Å²) < 4.78 is 7.22. The highest BCUT2D eigenvalue weighted by atomic mass is 16.6. The van der Waals surface area contributed by atoms with Crippen LogP contribution in [0.3, 0.4) is 0 Å². The number of nitrogens with zero attached hydrogens (tertiary/aromatic N) is 5. The van der Waals surface area contributed by atoms with Crippen molar-refractivity contribution >= 4 is 24.0 Å². The molecule has 2 amide bonds. The van der Waals surface area contributed by atoms with Gasteiger partial charge in [0, 0.05) is 26.1 Å². The van der Waals surface area contributed by atoms with Crippen LogP contribution in [0.1, 0.15) is 57.8 Å². The number of amides is 2. The standard InChI is InChI=1S/C20H29N5O3/c1-6-15-18(23(5)13-26)25-17(21-15)8-7-16(22-25)14-9-11-24(12-10-14)19(27)28-20(2,3)4/h7-8,13-14H,6,9-12H2,1-5H3. The van der Waals surface area contributed by atoms with Crippen molar-refractivity contribution < 1.29 is 14.3 Å². The lowest BCUT2D eigenvalue weighted by Gasteiger charge is -2.33. The monoisotopic (exact) mass is 387 g/mol. The summed E-state index contributed by atoms with van der Waals surface area (Å²) >= 11 is 0. The van der Waals surface area contributed by atoms with Gasteiger partial charge in [-0.2, -0.15) is 9.61 Å². The molecular weight excluding hydrogens is 358 g/mol. The Hall–Kier alpha value is -2.64. The molecule has 0 bridgehead atoms. The Balaban J connectivity index is 1.78. The third-order valence-electron chi connectivity index (χ3n) is 4.94. The number of rotatable bonds is 4. The summed E-state index contributed by atoms with van der Waals surface area (Å²) in [5, 5.41) is 4.78. The minimum Gasteiger partial charge on any atom is -0.444 e. The molecule has 0 saturated carbocycles. The third-order valence-corrected chi connectivity index (χ3v) is 4.94. The van der Waals surface area contributed by atoms with Crippen molar-refractivity contribution in [2.45, 2.75) is 58.5 Å². The number of anilines is 1. The van der Waals surface area contributed by atoms with E-state index in [1.54, 1.807) is 16.5 Å². The van der Waals surface area contributed by atoms with Gasteiger partial charge < -0.3 is 14.5 Å². The fraction of sp³-hybridized carbons (Fsp3) is 0.600. The van der Waals surface area contributed by atoms with Gasteiger partial charge in [0.2, 0.25) is 6.41 Å². The van der Waals surface area contributed by atoms with Gasteiger partial charge in [0.05, 0.1) is 11.4 Å². The molecule has 0 aliphatic carbocycles. The molecule has 2 aromatic heterocycles. The van der Waals surface area contributed by atoms with E-state index in [1.165, 1.54) is 4.90 Å². The Bertz CT molecular complexity index is 863. The summed E-state index contributed by atoms with van der Waals surface area (Å²) in [6.07, 6.45) is 2.89. The van der Waals surface area contributed by atoms with Crippen LogP contribution in [0.25, 0.3) is 5.65 Å². The molecule has 8 nitrogen and oxygen atoms in total. The zero-order valence-electron chi connectivity index (χ0n) is 17.3. The zero-order chi connectivity index (χ0) is 20.5. The molecule has 8 heteroatoms. The highest BCUT2D eigenvalue weighted by Crippen LogP contribution is 2.29. The summed E-state index contributed by atoms with van der Waals surface area (Å²) in [6.45, 7) is 8.92. The lowest BCUT2D eigenvalue weighted by Crippen LogP contribution is -2.41. The van der Waals surface area contributed by atoms with Gasteiger partial charge in [-0.15, -0.1) is 0 Å². The molecule has 2 aromatic rings. The normalized spacial score (nSPS) is 15.7. The minimum absolute atomic E-state index is 0.255. The Labute approximate surface area is 165 Å². The van der Waals surface area contributed by atoms with E-state index in [0.717, 1.165) is 42.7 Å². The molecule has 0 unspecified atom stereocenters. The Morgan fingerprint density at radius 3 is 2.57 bits per heavy atom. The van der Waals surface area contributed by atoms with Crippen molar-refractivity contribution in [1.29, 1.82) is 0 Å². The second kappa shape index (κ2) is 7.77. The topological polar surface area (TPSA) is 80.0 Å². The molecule has 0 aromatic carbocycles. The van der Waals surface area contributed by atoms with E-state index in [-0.39, 0.29) is 12.0 Å². The second-order valence-corrected chi connectivity index (χ2v) is 8.22. The van der Waals surface area contributed by atoms with Crippen LogP contribution in [0.4, 0.5) is 10.6 Å². The summed E-state index contributed by atoms with van der Waals surface area (Å²) in [7, 11) is 1.71. The SMILES string of the molecule is CCc1nc2ccc(C3CCN(C(=O)OC(C)(C)C)CC3)nn2c1N(C)C=O. The maximum absolute atomic E-state index is 12.3. The van der Waals surface area contributed by atoms with Gasteiger partial charge in [-0.05, 0) is 52.2 Å². The van der Waals surface area contributed by atoms with Crippen molar-refractivity contribution in [2.75, 3.05) is 25.0 Å². The van der Waals surface area contributed by atoms with Gasteiger partial charge in [-0.25, -0.2) is 9.78 Å². The van der Waals surface area contributed by atoms with Crippen molar-refractivity contribution in [3.05, 3.63) is 23.5 Å². The Morgan fingerprint density at radius 2 is 2.00 bits per heavy atom. The first kappa shape index (κ1) is 20.1. The zero-order valence-corrected chi connectivity index (χ0v) is 17.3. The molecule has 0 spiro atoms. The van der Waals surface area contributed by atoms with Crippen molar-refractivity contribution in [1.82, 2.24) is 19.5 Å². The minimum atomic E-state index is -0.486. The van der Waals surface area contributed by atoms with Crippen molar-refractivity contribution in [3.8, 4) is 0 Å². The maximum atomic E-state index is 12.3. The van der Waals surface area contributed by atoms with Crippen LogP contribution in [-0.4, -0.2) is 57.7 Å². The van der Waals surface area contributed by atoms with Crippen molar-refractivity contribution in [3.63, 3.8) is 0 Å². The number of carbonyl (C=O) groups excluding carboxylic acids is 2. The van der Waals surface area contributed by atoms with Crippen molar-refractivity contribution in [2.24, 2.45) is 0 Å². The number of ether oxygens (including phenoxy) is 1. The van der Waals surface area contributed by atoms with E-state index in [4.69, 9.17) is 9.84 Å². The first-order valence-electron chi connectivity index (χ1n) is 9.78. The molecule has 3 heterocycles. The van der Waals surface area contributed by atoms with E-state index in [2.05, 4.69) is 4.98 Å². The molecule has 1 aliphatic rings. The number of piperidine rings is 1. The third kappa shape index (κ3) is 4.10. The first-order valence-corrected chi connectivity index (χ1v) is 9.78. The number of hydrogen-bond acceptors (Lipinski definition) is 5. The average molecular weight is 387 g/mol. The number of imidazole rings is 1. The average Bonchev–Trinajstić information content (AvgIpc) is 3.04. The molecule has 0 N–H and O–H groups in total. The van der Waals surface area contributed by atoms with Gasteiger partial charge in [0.25, 0.3) is 0 Å². The number of likely N-dealkylation sites (tertiary alicyclic amines) is 1. The molecular formula is C20H29N5O3. The maximum Gasteiger partial charge on any atom is 0.410 e. The smallest absolute Gasteiger partial charge is 0.410 e. The number of fused-ring (bicyclic) bond motifs is 1. The Morgan fingerprint density at radius 1 is 1.32 bits per heavy atom. The summed E-state index contributed by atoms with van der Waals surface area (Å²) in [5.74, 6) is 0.963. The van der Waals surface area contributed by atoms with Gasteiger partial charge >= 0.3 is 6.09 Å². The van der Waals surface area contributed by atoms with E-state index >= 15 is 0 Å². The van der Waals surface area contributed by atoms with Crippen LogP contribution in [0.15, 0.2) is 12.1 Å². The van der Waals surface area contributed by atoms with Crippen LogP contribution in [0.2, 0.25) is 0 Å². The second-order valence-electron chi connectivity index (χ2n) is 8.22. The number of aromatic nitrogens is 3. The van der Waals surface area contributed by atoms with Crippen LogP contribution in [-0.2, 0) is 16.0 Å². The quantitative estimate of drug-likeness (QED) is 0.754. The van der Waals surface area contributed by atoms with Gasteiger partial charge in [0.1, 0.15) is 5.60 Å². The lowest BCUT2D eigenvalue weighted by atomic mass is 9.93. The predicted molar refractivity (Wildman–Crippen MR) is 107 cm³/mol. The molecule has 0 atom stereocenters. The van der Waals surface area contributed by atoms with Crippen LogP contribution in [0.5, 0.6) is 0 Å². The number of carbonyl (C=O) groups is 2. The fourth-order valence-electron chi connectivity index (χ4n) is 3.52. The summed E-state index contributed by atoms with van der Waals surface area (Å²) in [6, 6.07) is 3.95. The molecule has 152 valence electrons. The highest BCUT2D eigenvalue weighted by Gasteiger charge is 2.28. The van der Waals surface area contributed by atoms with Crippen LogP contribution in [0, 0.1) is 0 Å². The first-order chi connectivity index (χ1) is 13.2. The van der Waals surface area contributed by atoms with Gasteiger partial charge in [-0.1, -0.05) is 6.92 Å². The highest BCUT2D eigenvalue weighted by molar-refractivity contribution is 5.75. The molecule has 1 saturated heterocycles. The molecule has 0 radical (unpaired) electrons. The van der Waals surface area contributed by atoms with Crippen LogP contribution < -0.4 is 4.90 Å². The van der Waals surface area contributed by atoms with Crippen LogP contribution >= 0.6 is 0 Å². The summed E-state index contributed by atoms with van der Waals surface area (Å²) in [5.41, 5.74) is 2.05. The lowest BCUT2D eigenvalue weighted by molar-refractivity contribution is -0.107. The predicted octanol–water partition coefficient (Wildman–Crippen LogP) is 3.00. The van der Waals surface area contributed by atoms with Gasteiger partial charge in [-0.3, -0.25) is 4.79 Å². The molecule has 28 heavy (non-hydrogen) atoms. The van der Waals surface area contributed by atoms with E-state index < -0.39 is 5.60 Å². The van der Waals surface area contributed by atoms with E-state index in [9.17, 15) is 9.59 Å². The summed E-state index contributed by atoms with van der Waals surface area (Å²) in [4.78, 5) is 31.4.